The van der Waals surface area contributed by atoms with Crippen LogP contribution in [0, 0.1) is 0 Å². The fraction of sp³-hybridized carbons (Fsp3) is 0.308. The van der Waals surface area contributed by atoms with E-state index in [4.69, 9.17) is 0 Å². The van der Waals surface area contributed by atoms with Gasteiger partial charge in [0.1, 0.15) is 12.2 Å². The summed E-state index contributed by atoms with van der Waals surface area (Å²) in [4.78, 5) is 12.1. The van der Waals surface area contributed by atoms with Gasteiger partial charge in [-0.25, -0.2) is 14.6 Å². The number of aromatic nitrogens is 5. The van der Waals surface area contributed by atoms with E-state index in [2.05, 4.69) is 25.4 Å². The average molecular weight is 254 g/mol. The highest BCUT2D eigenvalue weighted by Gasteiger charge is 2.20. The zero-order valence-electron chi connectivity index (χ0n) is 10.4. The van der Waals surface area contributed by atoms with Gasteiger partial charge in [-0.2, -0.15) is 5.10 Å². The lowest BCUT2D eigenvalue weighted by Crippen LogP contribution is -2.32. The second-order valence-electron chi connectivity index (χ2n) is 4.84. The molecule has 96 valence electrons. The molecule has 0 fully saturated rings. The zero-order chi connectivity index (χ0) is 12.7. The number of aromatic amines is 1. The van der Waals surface area contributed by atoms with E-state index in [1.54, 1.807) is 6.33 Å². The van der Waals surface area contributed by atoms with Crippen LogP contribution in [0.2, 0.25) is 0 Å². The number of hydrogen-bond donors (Lipinski definition) is 2. The first-order valence-electron chi connectivity index (χ1n) is 6.46. The normalized spacial score (nSPS) is 18.4. The van der Waals surface area contributed by atoms with Crippen molar-refractivity contribution in [1.29, 1.82) is 0 Å². The SMILES string of the molecule is c1ccc2[nH]c(NC3CCc4ncnn4C3)nc2c1. The van der Waals surface area contributed by atoms with Crippen molar-refractivity contribution < 1.29 is 0 Å². The molecule has 3 heterocycles. The van der Waals surface area contributed by atoms with Crippen molar-refractivity contribution >= 4 is 17.0 Å². The minimum Gasteiger partial charge on any atom is -0.351 e. The first-order chi connectivity index (χ1) is 9.38. The number of benzene rings is 1. The summed E-state index contributed by atoms with van der Waals surface area (Å²) >= 11 is 0. The molecule has 1 aliphatic heterocycles. The van der Waals surface area contributed by atoms with Crippen molar-refractivity contribution in [1.82, 2.24) is 24.7 Å². The molecule has 0 amide bonds. The second-order valence-corrected chi connectivity index (χ2v) is 4.84. The molecule has 4 rings (SSSR count). The van der Waals surface area contributed by atoms with Crippen molar-refractivity contribution in [2.75, 3.05) is 5.32 Å². The van der Waals surface area contributed by atoms with Gasteiger partial charge >= 0.3 is 0 Å². The molecule has 1 atom stereocenters. The van der Waals surface area contributed by atoms with Gasteiger partial charge in [0, 0.05) is 12.5 Å². The maximum atomic E-state index is 4.54. The Labute approximate surface area is 109 Å². The van der Waals surface area contributed by atoms with Crippen molar-refractivity contribution in [3.05, 3.63) is 36.4 Å². The Morgan fingerprint density at radius 2 is 2.26 bits per heavy atom. The summed E-state index contributed by atoms with van der Waals surface area (Å²) in [7, 11) is 0. The van der Waals surface area contributed by atoms with Gasteiger partial charge in [-0.15, -0.1) is 0 Å². The number of fused-ring (bicyclic) bond motifs is 2. The Morgan fingerprint density at radius 1 is 1.32 bits per heavy atom. The van der Waals surface area contributed by atoms with E-state index >= 15 is 0 Å². The molecule has 0 saturated carbocycles. The lowest BCUT2D eigenvalue weighted by Gasteiger charge is -2.23. The van der Waals surface area contributed by atoms with Crippen LogP contribution in [0.1, 0.15) is 12.2 Å². The summed E-state index contributed by atoms with van der Waals surface area (Å²) in [6.45, 7) is 0.840. The minimum atomic E-state index is 0.342. The molecule has 0 radical (unpaired) electrons. The van der Waals surface area contributed by atoms with Gasteiger partial charge < -0.3 is 10.3 Å². The standard InChI is InChI=1S/C13H14N6/c1-2-4-11-10(3-1)17-13(18-11)16-9-5-6-12-14-8-15-19(12)7-9/h1-4,8-9H,5-7H2,(H2,16,17,18). The molecule has 6 heteroatoms. The number of para-hydroxylation sites is 2. The molecule has 1 aliphatic rings. The Kier molecular flexibility index (Phi) is 2.26. The molecule has 0 spiro atoms. The molecule has 1 aromatic carbocycles. The maximum absolute atomic E-state index is 4.54. The molecule has 2 N–H and O–H groups in total. The van der Waals surface area contributed by atoms with Crippen LogP contribution in [0.4, 0.5) is 5.95 Å². The van der Waals surface area contributed by atoms with Gasteiger partial charge in [-0.3, -0.25) is 0 Å². The summed E-state index contributed by atoms with van der Waals surface area (Å²) in [6, 6.07) is 8.38. The fourth-order valence-corrected chi connectivity index (χ4v) is 2.57. The molecule has 6 nitrogen and oxygen atoms in total. The first-order valence-corrected chi connectivity index (χ1v) is 6.46. The quantitative estimate of drug-likeness (QED) is 0.728. The van der Waals surface area contributed by atoms with E-state index in [9.17, 15) is 0 Å². The number of nitrogens with zero attached hydrogens (tertiary/aromatic N) is 4. The van der Waals surface area contributed by atoms with Gasteiger partial charge in [0.25, 0.3) is 0 Å². The number of hydrogen-bond acceptors (Lipinski definition) is 4. The number of H-pyrrole nitrogens is 1. The highest BCUT2D eigenvalue weighted by molar-refractivity contribution is 5.77. The highest BCUT2D eigenvalue weighted by atomic mass is 15.3. The summed E-state index contributed by atoms with van der Waals surface area (Å²) in [5.74, 6) is 1.90. The van der Waals surface area contributed by atoms with E-state index < -0.39 is 0 Å². The number of nitrogens with one attached hydrogen (secondary N) is 2. The lowest BCUT2D eigenvalue weighted by molar-refractivity contribution is 0.440. The predicted octanol–water partition coefficient (Wildman–Crippen LogP) is 1.58. The Bertz CT molecular complexity index is 680. The molecule has 0 aliphatic carbocycles. The van der Waals surface area contributed by atoms with Gasteiger partial charge in [0.05, 0.1) is 17.6 Å². The molecular formula is C13H14N6. The van der Waals surface area contributed by atoms with Crippen LogP contribution in [-0.2, 0) is 13.0 Å². The van der Waals surface area contributed by atoms with Crippen LogP contribution in [0.5, 0.6) is 0 Å². The Balaban J connectivity index is 1.55. The van der Waals surface area contributed by atoms with Crippen molar-refractivity contribution in [2.24, 2.45) is 0 Å². The van der Waals surface area contributed by atoms with Crippen LogP contribution in [-0.4, -0.2) is 30.8 Å². The Hall–Kier alpha value is -2.37. The van der Waals surface area contributed by atoms with Crippen LogP contribution in [0.15, 0.2) is 30.6 Å². The number of aryl methyl sites for hydroxylation is 1. The second kappa shape index (κ2) is 4.08. The summed E-state index contributed by atoms with van der Waals surface area (Å²) < 4.78 is 1.96. The number of anilines is 1. The summed E-state index contributed by atoms with van der Waals surface area (Å²) in [6.07, 6.45) is 3.63. The molecular weight excluding hydrogens is 240 g/mol. The van der Waals surface area contributed by atoms with Crippen LogP contribution < -0.4 is 5.32 Å². The lowest BCUT2D eigenvalue weighted by atomic mass is 10.1. The smallest absolute Gasteiger partial charge is 0.201 e. The van der Waals surface area contributed by atoms with Crippen molar-refractivity contribution in [3.63, 3.8) is 0 Å². The van der Waals surface area contributed by atoms with E-state index in [-0.39, 0.29) is 0 Å². The highest BCUT2D eigenvalue weighted by Crippen LogP contribution is 2.18. The average Bonchev–Trinajstić information content (AvgIpc) is 3.03. The van der Waals surface area contributed by atoms with E-state index in [0.29, 0.717) is 6.04 Å². The molecule has 0 saturated heterocycles. The van der Waals surface area contributed by atoms with Gasteiger partial charge in [0.15, 0.2) is 0 Å². The fourth-order valence-electron chi connectivity index (χ4n) is 2.57. The number of rotatable bonds is 2. The third-order valence-corrected chi connectivity index (χ3v) is 3.54. The first kappa shape index (κ1) is 10.5. The predicted molar refractivity (Wildman–Crippen MR) is 71.8 cm³/mol. The van der Waals surface area contributed by atoms with E-state index in [1.165, 1.54) is 0 Å². The Morgan fingerprint density at radius 3 is 3.21 bits per heavy atom. The summed E-state index contributed by atoms with van der Waals surface area (Å²) in [5, 5.41) is 7.67. The number of imidazole rings is 1. The van der Waals surface area contributed by atoms with E-state index in [0.717, 1.165) is 42.2 Å². The van der Waals surface area contributed by atoms with Crippen molar-refractivity contribution in [3.8, 4) is 0 Å². The minimum absolute atomic E-state index is 0.342. The van der Waals surface area contributed by atoms with Crippen molar-refractivity contribution in [2.45, 2.75) is 25.4 Å². The molecule has 19 heavy (non-hydrogen) atoms. The summed E-state index contributed by atoms with van der Waals surface area (Å²) in [5.41, 5.74) is 2.05. The van der Waals surface area contributed by atoms with Gasteiger partial charge in [-0.1, -0.05) is 12.1 Å². The van der Waals surface area contributed by atoms with Crippen LogP contribution in [0.3, 0.4) is 0 Å². The van der Waals surface area contributed by atoms with Crippen LogP contribution in [0.25, 0.3) is 11.0 Å². The van der Waals surface area contributed by atoms with Crippen LogP contribution >= 0.6 is 0 Å². The topological polar surface area (TPSA) is 71.4 Å². The third kappa shape index (κ3) is 1.85. The van der Waals surface area contributed by atoms with E-state index in [1.807, 2.05) is 28.9 Å². The van der Waals surface area contributed by atoms with Gasteiger partial charge in [0.2, 0.25) is 5.95 Å². The molecule has 3 aromatic rings. The monoisotopic (exact) mass is 254 g/mol. The largest absolute Gasteiger partial charge is 0.351 e. The maximum Gasteiger partial charge on any atom is 0.201 e. The molecule has 0 bridgehead atoms. The molecule has 2 aromatic heterocycles. The molecule has 1 unspecified atom stereocenters. The third-order valence-electron chi connectivity index (χ3n) is 3.54. The zero-order valence-corrected chi connectivity index (χ0v) is 10.4. The van der Waals surface area contributed by atoms with Gasteiger partial charge in [-0.05, 0) is 18.6 Å².